The predicted octanol–water partition coefficient (Wildman–Crippen LogP) is 2.21. The summed E-state index contributed by atoms with van der Waals surface area (Å²) in [5.41, 5.74) is 2.90. The fraction of sp³-hybridized carbons (Fsp3) is 0.571. The van der Waals surface area contributed by atoms with Crippen LogP contribution in [-0.2, 0) is 0 Å². The predicted molar refractivity (Wildman–Crippen MR) is 66.6 cm³/mol. The minimum absolute atomic E-state index is 0.225. The molecule has 2 nitrogen and oxygen atoms in total. The van der Waals surface area contributed by atoms with Crippen LogP contribution in [0.3, 0.4) is 0 Å². The molecule has 16 heavy (non-hydrogen) atoms. The van der Waals surface area contributed by atoms with Crippen molar-refractivity contribution < 1.29 is 5.11 Å². The minimum Gasteiger partial charge on any atom is -0.395 e. The molecule has 2 rings (SSSR count). The Morgan fingerprint density at radius 1 is 1.38 bits per heavy atom. The molecule has 88 valence electrons. The van der Waals surface area contributed by atoms with E-state index in [1.54, 1.807) is 0 Å². The van der Waals surface area contributed by atoms with Gasteiger partial charge in [-0.15, -0.1) is 0 Å². The number of nitrogens with one attached hydrogen (secondary N) is 1. The van der Waals surface area contributed by atoms with Gasteiger partial charge in [-0.05, 0) is 43.7 Å². The number of aliphatic hydroxyl groups excluding tert-OH is 1. The molecule has 1 aliphatic rings. The van der Waals surface area contributed by atoms with Crippen LogP contribution in [0.4, 0.5) is 0 Å². The fourth-order valence-corrected chi connectivity index (χ4v) is 2.51. The highest BCUT2D eigenvalue weighted by molar-refractivity contribution is 5.31. The lowest BCUT2D eigenvalue weighted by molar-refractivity contribution is 0.204. The van der Waals surface area contributed by atoms with Gasteiger partial charge in [0.1, 0.15) is 0 Å². The highest BCUT2D eigenvalue weighted by Crippen LogP contribution is 2.38. The van der Waals surface area contributed by atoms with E-state index in [4.69, 9.17) is 5.11 Å². The van der Waals surface area contributed by atoms with Gasteiger partial charge in [-0.2, -0.15) is 0 Å². The van der Waals surface area contributed by atoms with E-state index in [2.05, 4.69) is 36.5 Å². The molecule has 0 aliphatic heterocycles. The minimum atomic E-state index is 0.225. The summed E-state index contributed by atoms with van der Waals surface area (Å²) >= 11 is 0. The Morgan fingerprint density at radius 3 is 2.69 bits per heavy atom. The van der Waals surface area contributed by atoms with Crippen LogP contribution < -0.4 is 5.32 Å². The van der Waals surface area contributed by atoms with Gasteiger partial charge in [-0.1, -0.05) is 24.3 Å². The van der Waals surface area contributed by atoms with Gasteiger partial charge >= 0.3 is 0 Å². The normalized spacial score (nSPS) is 26.2. The number of rotatable bonds is 4. The Kier molecular flexibility index (Phi) is 3.62. The molecular weight excluding hydrogens is 198 g/mol. The molecule has 1 aromatic rings. The van der Waals surface area contributed by atoms with E-state index < -0.39 is 0 Å². The standard InChI is InChI=1S/C14H21NO/c1-10-5-3-4-6-14(10)12-7-13(8-12)15-11(2)9-16/h3-6,11-13,15-16H,7-9H2,1-2H3/t11-,12?,13?/m0/s1. The third kappa shape index (κ3) is 2.45. The summed E-state index contributed by atoms with van der Waals surface area (Å²) < 4.78 is 0. The number of aliphatic hydroxyl groups is 1. The Labute approximate surface area is 97.7 Å². The first kappa shape index (κ1) is 11.6. The van der Waals surface area contributed by atoms with Crippen molar-refractivity contribution in [1.29, 1.82) is 0 Å². The largest absolute Gasteiger partial charge is 0.395 e. The second kappa shape index (κ2) is 4.98. The molecule has 1 fully saturated rings. The third-order valence-electron chi connectivity index (χ3n) is 3.56. The van der Waals surface area contributed by atoms with Crippen LogP contribution in [-0.4, -0.2) is 23.8 Å². The first-order valence-corrected chi connectivity index (χ1v) is 6.13. The van der Waals surface area contributed by atoms with Crippen molar-refractivity contribution in [2.75, 3.05) is 6.61 Å². The van der Waals surface area contributed by atoms with Gasteiger partial charge < -0.3 is 10.4 Å². The average molecular weight is 219 g/mol. The van der Waals surface area contributed by atoms with Crippen LogP contribution in [0, 0.1) is 6.92 Å². The van der Waals surface area contributed by atoms with Gasteiger partial charge in [0.05, 0.1) is 6.61 Å². The van der Waals surface area contributed by atoms with Crippen molar-refractivity contribution in [1.82, 2.24) is 5.32 Å². The number of hydrogen-bond acceptors (Lipinski definition) is 2. The molecule has 0 saturated heterocycles. The second-order valence-corrected chi connectivity index (χ2v) is 4.97. The lowest BCUT2D eigenvalue weighted by Crippen LogP contribution is -2.45. The summed E-state index contributed by atoms with van der Waals surface area (Å²) in [4.78, 5) is 0. The Morgan fingerprint density at radius 2 is 2.06 bits per heavy atom. The van der Waals surface area contributed by atoms with Crippen molar-refractivity contribution in [2.24, 2.45) is 0 Å². The zero-order valence-corrected chi connectivity index (χ0v) is 10.1. The van der Waals surface area contributed by atoms with Crippen LogP contribution in [0.1, 0.15) is 36.8 Å². The van der Waals surface area contributed by atoms with Crippen LogP contribution in [0.15, 0.2) is 24.3 Å². The van der Waals surface area contributed by atoms with Gasteiger partial charge in [0.2, 0.25) is 0 Å². The smallest absolute Gasteiger partial charge is 0.0582 e. The lowest BCUT2D eigenvalue weighted by Gasteiger charge is -2.38. The van der Waals surface area contributed by atoms with Gasteiger partial charge in [0.25, 0.3) is 0 Å². The number of benzene rings is 1. The maximum atomic E-state index is 8.97. The van der Waals surface area contributed by atoms with Crippen molar-refractivity contribution in [2.45, 2.75) is 44.7 Å². The Balaban J connectivity index is 1.87. The van der Waals surface area contributed by atoms with E-state index in [-0.39, 0.29) is 12.6 Å². The molecule has 1 saturated carbocycles. The van der Waals surface area contributed by atoms with E-state index in [0.717, 1.165) is 0 Å². The van der Waals surface area contributed by atoms with Gasteiger partial charge in [-0.25, -0.2) is 0 Å². The van der Waals surface area contributed by atoms with E-state index >= 15 is 0 Å². The molecule has 1 atom stereocenters. The molecule has 0 radical (unpaired) electrons. The molecule has 0 bridgehead atoms. The zero-order chi connectivity index (χ0) is 11.5. The van der Waals surface area contributed by atoms with Crippen LogP contribution in [0.2, 0.25) is 0 Å². The quantitative estimate of drug-likeness (QED) is 0.813. The molecular formula is C14H21NO. The molecule has 2 heteroatoms. The van der Waals surface area contributed by atoms with Gasteiger partial charge in [0, 0.05) is 12.1 Å². The van der Waals surface area contributed by atoms with Crippen molar-refractivity contribution >= 4 is 0 Å². The van der Waals surface area contributed by atoms with Crippen molar-refractivity contribution in [3.63, 3.8) is 0 Å². The molecule has 0 aromatic heterocycles. The highest BCUT2D eigenvalue weighted by atomic mass is 16.3. The van der Waals surface area contributed by atoms with E-state index in [1.165, 1.54) is 24.0 Å². The molecule has 0 unspecified atom stereocenters. The zero-order valence-electron chi connectivity index (χ0n) is 10.1. The molecule has 1 aliphatic carbocycles. The number of hydrogen-bond donors (Lipinski definition) is 2. The summed E-state index contributed by atoms with van der Waals surface area (Å²) in [6, 6.07) is 9.47. The first-order chi connectivity index (χ1) is 7.70. The molecule has 0 amide bonds. The monoisotopic (exact) mass is 219 g/mol. The first-order valence-electron chi connectivity index (χ1n) is 6.13. The Hall–Kier alpha value is -0.860. The molecule has 0 heterocycles. The molecule has 2 N–H and O–H groups in total. The highest BCUT2D eigenvalue weighted by Gasteiger charge is 2.31. The molecule has 0 spiro atoms. The topological polar surface area (TPSA) is 32.3 Å². The summed E-state index contributed by atoms with van der Waals surface area (Å²) in [6.45, 7) is 4.44. The molecule has 1 aromatic carbocycles. The second-order valence-electron chi connectivity index (χ2n) is 4.97. The maximum Gasteiger partial charge on any atom is 0.0582 e. The summed E-state index contributed by atoms with van der Waals surface area (Å²) in [5.74, 6) is 0.713. The van der Waals surface area contributed by atoms with Crippen LogP contribution in [0.25, 0.3) is 0 Å². The van der Waals surface area contributed by atoms with E-state index in [1.807, 2.05) is 6.92 Å². The van der Waals surface area contributed by atoms with E-state index in [0.29, 0.717) is 12.0 Å². The van der Waals surface area contributed by atoms with E-state index in [9.17, 15) is 0 Å². The lowest BCUT2D eigenvalue weighted by atomic mass is 9.74. The summed E-state index contributed by atoms with van der Waals surface area (Å²) in [6.07, 6.45) is 2.41. The van der Waals surface area contributed by atoms with Crippen molar-refractivity contribution in [3.05, 3.63) is 35.4 Å². The van der Waals surface area contributed by atoms with Crippen LogP contribution >= 0.6 is 0 Å². The third-order valence-corrected chi connectivity index (χ3v) is 3.56. The van der Waals surface area contributed by atoms with Crippen molar-refractivity contribution in [3.8, 4) is 0 Å². The van der Waals surface area contributed by atoms with Gasteiger partial charge in [0.15, 0.2) is 0 Å². The average Bonchev–Trinajstić information content (AvgIpc) is 2.24. The SMILES string of the molecule is Cc1ccccc1C1CC(N[C@@H](C)CO)C1. The maximum absolute atomic E-state index is 8.97. The Bertz CT molecular complexity index is 344. The summed E-state index contributed by atoms with van der Waals surface area (Å²) in [7, 11) is 0. The fourth-order valence-electron chi connectivity index (χ4n) is 2.51. The van der Waals surface area contributed by atoms with Crippen LogP contribution in [0.5, 0.6) is 0 Å². The number of aryl methyl sites for hydroxylation is 1. The summed E-state index contributed by atoms with van der Waals surface area (Å²) in [5, 5.41) is 12.4. The van der Waals surface area contributed by atoms with Gasteiger partial charge in [-0.3, -0.25) is 0 Å².